The molecule has 0 bridgehead atoms. The first kappa shape index (κ1) is 20.1. The van der Waals surface area contributed by atoms with E-state index in [1.54, 1.807) is 0 Å². The second-order valence-corrected chi connectivity index (χ2v) is 9.93. The molecule has 0 fully saturated rings. The Labute approximate surface area is 198 Å². The highest BCUT2D eigenvalue weighted by Crippen LogP contribution is 2.46. The van der Waals surface area contributed by atoms with Gasteiger partial charge in [-0.15, -0.1) is 0 Å². The maximum atomic E-state index is 3.84. The predicted molar refractivity (Wildman–Crippen MR) is 132 cm³/mol. The van der Waals surface area contributed by atoms with E-state index in [4.69, 9.17) is 0 Å². The van der Waals surface area contributed by atoms with Crippen LogP contribution in [0.25, 0.3) is 28.2 Å². The first-order valence-electron chi connectivity index (χ1n) is 8.64. The summed E-state index contributed by atoms with van der Waals surface area (Å²) in [5, 5.41) is 0. The van der Waals surface area contributed by atoms with E-state index in [0.717, 1.165) is 46.1 Å². The number of aryl methyl sites for hydroxylation is 1. The van der Waals surface area contributed by atoms with Gasteiger partial charge in [-0.2, -0.15) is 0 Å². The standard InChI is InChI=1S/C23H15Br4N/c1-14-2-12-19(13-3-14)28-22(15-4-8-17(24)9-5-15)20(26)21(27)23(28)16-6-10-18(25)11-7-16/h2-13H,1H3. The molecular weight excluding hydrogens is 610 g/mol. The summed E-state index contributed by atoms with van der Waals surface area (Å²) in [6.45, 7) is 2.11. The molecule has 0 aliphatic heterocycles. The van der Waals surface area contributed by atoms with Crippen LogP contribution in [0.15, 0.2) is 90.7 Å². The Morgan fingerprint density at radius 3 is 1.32 bits per heavy atom. The minimum absolute atomic E-state index is 1.04. The van der Waals surface area contributed by atoms with Crippen molar-refractivity contribution >= 4 is 63.7 Å². The molecular formula is C23H15Br4N. The van der Waals surface area contributed by atoms with Gasteiger partial charge in [-0.25, -0.2) is 0 Å². The predicted octanol–water partition coefficient (Wildman–Crippen LogP) is 9.17. The fourth-order valence-corrected chi connectivity index (χ4v) is 4.91. The van der Waals surface area contributed by atoms with Crippen molar-refractivity contribution in [3.05, 3.63) is 96.3 Å². The van der Waals surface area contributed by atoms with Gasteiger partial charge in [-0.05, 0) is 86.3 Å². The molecule has 1 nitrogen and oxygen atoms in total. The molecule has 0 aliphatic rings. The number of hydrogen-bond donors (Lipinski definition) is 0. The zero-order valence-electron chi connectivity index (χ0n) is 14.9. The third kappa shape index (κ3) is 3.82. The smallest absolute Gasteiger partial charge is 0.0689 e. The number of nitrogens with zero attached hydrogens (tertiary/aromatic N) is 1. The Balaban J connectivity index is 2.05. The highest BCUT2D eigenvalue weighted by Gasteiger charge is 2.23. The van der Waals surface area contributed by atoms with Crippen LogP contribution in [0, 0.1) is 6.92 Å². The van der Waals surface area contributed by atoms with E-state index in [1.165, 1.54) is 5.56 Å². The summed E-state index contributed by atoms with van der Waals surface area (Å²) in [6, 6.07) is 25.4. The lowest BCUT2D eigenvalue weighted by Gasteiger charge is -2.15. The van der Waals surface area contributed by atoms with Crippen LogP contribution < -0.4 is 0 Å². The number of hydrogen-bond acceptors (Lipinski definition) is 0. The zero-order valence-corrected chi connectivity index (χ0v) is 21.2. The lowest BCUT2D eigenvalue weighted by molar-refractivity contribution is 1.09. The second kappa shape index (κ2) is 8.31. The van der Waals surface area contributed by atoms with Crippen molar-refractivity contribution in [2.45, 2.75) is 6.92 Å². The molecule has 0 aliphatic carbocycles. The molecule has 4 rings (SSSR count). The van der Waals surface area contributed by atoms with Gasteiger partial charge in [0.15, 0.2) is 0 Å². The maximum absolute atomic E-state index is 3.84. The summed E-state index contributed by atoms with van der Waals surface area (Å²) in [4.78, 5) is 0. The van der Waals surface area contributed by atoms with Gasteiger partial charge in [0.25, 0.3) is 0 Å². The number of aromatic nitrogens is 1. The fourth-order valence-electron chi connectivity index (χ4n) is 3.20. The van der Waals surface area contributed by atoms with Crippen LogP contribution >= 0.6 is 63.7 Å². The molecule has 5 heteroatoms. The number of benzene rings is 3. The Bertz CT molecular complexity index is 1060. The second-order valence-electron chi connectivity index (χ2n) is 6.51. The van der Waals surface area contributed by atoms with Gasteiger partial charge in [-0.1, -0.05) is 73.8 Å². The molecule has 0 radical (unpaired) electrons. The van der Waals surface area contributed by atoms with Crippen LogP contribution in [0.1, 0.15) is 5.56 Å². The number of halogens is 4. The summed E-state index contributed by atoms with van der Waals surface area (Å²) in [5.74, 6) is 0. The van der Waals surface area contributed by atoms with E-state index in [2.05, 4.69) is 148 Å². The Kier molecular flexibility index (Phi) is 5.98. The van der Waals surface area contributed by atoms with E-state index < -0.39 is 0 Å². The van der Waals surface area contributed by atoms with Crippen molar-refractivity contribution in [1.29, 1.82) is 0 Å². The van der Waals surface area contributed by atoms with E-state index >= 15 is 0 Å². The molecule has 0 amide bonds. The molecule has 140 valence electrons. The molecule has 1 aromatic heterocycles. The van der Waals surface area contributed by atoms with Crippen LogP contribution in [0.4, 0.5) is 0 Å². The largest absolute Gasteiger partial charge is 0.307 e. The topological polar surface area (TPSA) is 4.93 Å². The molecule has 0 unspecified atom stereocenters. The summed E-state index contributed by atoms with van der Waals surface area (Å²) in [5.41, 5.74) is 6.86. The first-order chi connectivity index (χ1) is 13.5. The Hall–Kier alpha value is -1.14. The molecule has 0 saturated carbocycles. The number of rotatable bonds is 3. The monoisotopic (exact) mass is 621 g/mol. The van der Waals surface area contributed by atoms with Crippen molar-refractivity contribution in [3.8, 4) is 28.2 Å². The third-order valence-corrected chi connectivity index (χ3v) is 7.72. The zero-order chi connectivity index (χ0) is 19.8. The Morgan fingerprint density at radius 1 is 0.536 bits per heavy atom. The average molecular weight is 625 g/mol. The van der Waals surface area contributed by atoms with Gasteiger partial charge in [0.1, 0.15) is 0 Å². The van der Waals surface area contributed by atoms with E-state index in [0.29, 0.717) is 0 Å². The average Bonchev–Trinajstić information content (AvgIpc) is 2.95. The van der Waals surface area contributed by atoms with Crippen LogP contribution in [0.3, 0.4) is 0 Å². The third-order valence-electron chi connectivity index (χ3n) is 4.58. The molecule has 1 heterocycles. The van der Waals surface area contributed by atoms with Crippen LogP contribution in [-0.4, -0.2) is 4.57 Å². The van der Waals surface area contributed by atoms with Gasteiger partial charge in [0.05, 0.1) is 20.3 Å². The van der Waals surface area contributed by atoms with Gasteiger partial charge >= 0.3 is 0 Å². The molecule has 28 heavy (non-hydrogen) atoms. The lowest BCUT2D eigenvalue weighted by Crippen LogP contribution is -2.00. The molecule has 4 aromatic rings. The van der Waals surface area contributed by atoms with E-state index in [9.17, 15) is 0 Å². The summed E-state index contributed by atoms with van der Waals surface area (Å²) in [7, 11) is 0. The summed E-state index contributed by atoms with van der Waals surface area (Å²) >= 11 is 14.8. The molecule has 0 spiro atoms. The van der Waals surface area contributed by atoms with Crippen molar-refractivity contribution in [2.24, 2.45) is 0 Å². The normalized spacial score (nSPS) is 11.0. The van der Waals surface area contributed by atoms with E-state index in [1.807, 2.05) is 0 Å². The molecule has 3 aromatic carbocycles. The van der Waals surface area contributed by atoms with Crippen LogP contribution in [0.5, 0.6) is 0 Å². The van der Waals surface area contributed by atoms with Gasteiger partial charge in [0.2, 0.25) is 0 Å². The van der Waals surface area contributed by atoms with Crippen molar-refractivity contribution in [1.82, 2.24) is 4.57 Å². The lowest BCUT2D eigenvalue weighted by atomic mass is 10.1. The minimum Gasteiger partial charge on any atom is -0.307 e. The van der Waals surface area contributed by atoms with Gasteiger partial charge in [-0.3, -0.25) is 0 Å². The molecule has 0 N–H and O–H groups in total. The highest BCUT2D eigenvalue weighted by atomic mass is 79.9. The summed E-state index contributed by atoms with van der Waals surface area (Å²) < 4.78 is 6.50. The molecule has 0 saturated heterocycles. The van der Waals surface area contributed by atoms with Crippen LogP contribution in [0.2, 0.25) is 0 Å². The van der Waals surface area contributed by atoms with Crippen molar-refractivity contribution in [3.63, 3.8) is 0 Å². The maximum Gasteiger partial charge on any atom is 0.0689 e. The summed E-state index contributed by atoms with van der Waals surface area (Å²) in [6.07, 6.45) is 0. The quantitative estimate of drug-likeness (QED) is 0.214. The van der Waals surface area contributed by atoms with Crippen LogP contribution in [-0.2, 0) is 0 Å². The van der Waals surface area contributed by atoms with Crippen molar-refractivity contribution < 1.29 is 0 Å². The first-order valence-corrected chi connectivity index (χ1v) is 11.8. The molecule has 0 atom stereocenters. The fraction of sp³-hybridized carbons (Fsp3) is 0.0435. The highest BCUT2D eigenvalue weighted by molar-refractivity contribution is 9.13. The van der Waals surface area contributed by atoms with Gasteiger partial charge < -0.3 is 4.57 Å². The minimum atomic E-state index is 1.04. The van der Waals surface area contributed by atoms with Crippen molar-refractivity contribution in [2.75, 3.05) is 0 Å². The SMILES string of the molecule is Cc1ccc(-n2c(-c3ccc(Br)cc3)c(Br)c(Br)c2-c2ccc(Br)cc2)cc1. The Morgan fingerprint density at radius 2 is 0.929 bits per heavy atom. The van der Waals surface area contributed by atoms with Gasteiger partial charge in [0, 0.05) is 14.6 Å². The van der Waals surface area contributed by atoms with E-state index in [-0.39, 0.29) is 0 Å².